The Kier molecular flexibility index (Phi) is 5.36. The van der Waals surface area contributed by atoms with Crippen LogP contribution in [0.3, 0.4) is 0 Å². The normalized spacial score (nSPS) is 11.6. The number of rotatable bonds is 4. The number of benzene rings is 5. The Morgan fingerprint density at radius 3 is 1.93 bits per heavy atom. The molecule has 0 bridgehead atoms. The van der Waals surface area contributed by atoms with Gasteiger partial charge in [0.1, 0.15) is 11.9 Å². The van der Waals surface area contributed by atoms with Crippen LogP contribution in [0.5, 0.6) is 0 Å². The highest BCUT2D eigenvalue weighted by Gasteiger charge is 2.20. The number of furan rings is 1. The first kappa shape index (κ1) is 24.4. The lowest BCUT2D eigenvalue weighted by Crippen LogP contribution is -2.01. The van der Waals surface area contributed by atoms with Gasteiger partial charge in [0.25, 0.3) is 0 Å². The quantitative estimate of drug-likeness (QED) is 0.212. The van der Waals surface area contributed by atoms with Crippen molar-refractivity contribution >= 4 is 43.9 Å². The second-order valence-electron chi connectivity index (χ2n) is 10.6. The van der Waals surface area contributed by atoms with Crippen molar-refractivity contribution in [1.29, 1.82) is 0 Å². The summed E-state index contributed by atoms with van der Waals surface area (Å²) in [5, 5.41) is 3.13. The maximum Gasteiger partial charge on any atom is 0.164 e. The molecule has 9 aromatic rings. The molecule has 4 heterocycles. The van der Waals surface area contributed by atoms with E-state index in [9.17, 15) is 0 Å². The Morgan fingerprint density at radius 1 is 0.545 bits per heavy atom. The fourth-order valence-electron chi connectivity index (χ4n) is 5.99. The van der Waals surface area contributed by atoms with Crippen molar-refractivity contribution in [1.82, 2.24) is 29.5 Å². The second-order valence-corrected chi connectivity index (χ2v) is 10.6. The lowest BCUT2D eigenvalue weighted by atomic mass is 10.1. The molecule has 0 spiro atoms. The Hall–Kier alpha value is -6.21. The molecule has 0 fully saturated rings. The van der Waals surface area contributed by atoms with E-state index in [-0.39, 0.29) is 0 Å². The van der Waals surface area contributed by atoms with Crippen LogP contribution in [0, 0.1) is 0 Å². The highest BCUT2D eigenvalue weighted by atomic mass is 16.3. The van der Waals surface area contributed by atoms with E-state index in [1.807, 2.05) is 97.2 Å². The predicted molar refractivity (Wildman–Crippen MR) is 173 cm³/mol. The lowest BCUT2D eigenvalue weighted by molar-refractivity contribution is 0.671. The molecule has 0 amide bonds. The third-order valence-corrected chi connectivity index (χ3v) is 8.00. The summed E-state index contributed by atoms with van der Waals surface area (Å²) in [6, 6.07) is 40.6. The molecule has 9 rings (SSSR count). The number of hydrogen-bond donors (Lipinski definition) is 0. The van der Waals surface area contributed by atoms with Crippen LogP contribution < -0.4 is 0 Å². The minimum atomic E-state index is 0.588. The molecule has 5 aromatic carbocycles. The molecule has 44 heavy (non-hydrogen) atoms. The maximum atomic E-state index is 6.50. The fraction of sp³-hybridized carbons (Fsp3) is 0. The molecule has 0 saturated heterocycles. The van der Waals surface area contributed by atoms with Gasteiger partial charge >= 0.3 is 0 Å². The number of aromatic nitrogens is 6. The van der Waals surface area contributed by atoms with Gasteiger partial charge in [-0.1, -0.05) is 91.0 Å². The smallest absolute Gasteiger partial charge is 0.164 e. The molecule has 7 heteroatoms. The number of fused-ring (bicyclic) bond motifs is 7. The van der Waals surface area contributed by atoms with Crippen LogP contribution in [-0.2, 0) is 0 Å². The topological polar surface area (TPSA) is 82.5 Å². The standard InChI is InChI=1S/C37H22N6O/c1-3-10-23(11-4-1)35-40-36(24-12-5-2-6-13-24)42-37(41-35)25-14-9-15-26(20-25)43-30-21-38-22-39-32(30)29-19-18-28-27-16-7-8-17-31(27)44-34(28)33(29)43/h1-22H. The van der Waals surface area contributed by atoms with Gasteiger partial charge < -0.3 is 8.98 Å². The van der Waals surface area contributed by atoms with Gasteiger partial charge in [-0.05, 0) is 30.3 Å². The van der Waals surface area contributed by atoms with E-state index in [1.165, 1.54) is 0 Å². The molecule has 0 aliphatic rings. The number of para-hydroxylation sites is 1. The van der Waals surface area contributed by atoms with Gasteiger partial charge in [0, 0.05) is 38.5 Å². The van der Waals surface area contributed by atoms with Gasteiger partial charge in [-0.2, -0.15) is 0 Å². The van der Waals surface area contributed by atoms with Gasteiger partial charge in [0.05, 0.1) is 22.7 Å². The van der Waals surface area contributed by atoms with Crippen LogP contribution in [0.2, 0.25) is 0 Å². The average molecular weight is 567 g/mol. The van der Waals surface area contributed by atoms with Gasteiger partial charge in [-0.25, -0.2) is 24.9 Å². The maximum absolute atomic E-state index is 6.50. The van der Waals surface area contributed by atoms with Crippen LogP contribution >= 0.6 is 0 Å². The monoisotopic (exact) mass is 566 g/mol. The van der Waals surface area contributed by atoms with Crippen LogP contribution in [0.1, 0.15) is 0 Å². The van der Waals surface area contributed by atoms with E-state index in [4.69, 9.17) is 19.4 Å². The second kappa shape index (κ2) is 9.68. The summed E-state index contributed by atoms with van der Waals surface area (Å²) < 4.78 is 8.68. The minimum Gasteiger partial charge on any atom is -0.454 e. The zero-order valence-electron chi connectivity index (χ0n) is 23.3. The van der Waals surface area contributed by atoms with Crippen LogP contribution in [0.4, 0.5) is 0 Å². The lowest BCUT2D eigenvalue weighted by Gasteiger charge is -2.11. The summed E-state index contributed by atoms with van der Waals surface area (Å²) in [7, 11) is 0. The zero-order valence-corrected chi connectivity index (χ0v) is 23.3. The summed E-state index contributed by atoms with van der Waals surface area (Å²) in [5.41, 5.74) is 7.99. The highest BCUT2D eigenvalue weighted by Crippen LogP contribution is 2.39. The van der Waals surface area contributed by atoms with Crippen molar-refractivity contribution in [3.63, 3.8) is 0 Å². The summed E-state index contributed by atoms with van der Waals surface area (Å²) in [6.07, 6.45) is 3.44. The summed E-state index contributed by atoms with van der Waals surface area (Å²) in [6.45, 7) is 0. The van der Waals surface area contributed by atoms with Crippen molar-refractivity contribution in [3.05, 3.63) is 134 Å². The highest BCUT2D eigenvalue weighted by molar-refractivity contribution is 6.20. The Bertz CT molecular complexity index is 2440. The Labute approximate surface area is 251 Å². The summed E-state index contributed by atoms with van der Waals surface area (Å²) in [4.78, 5) is 23.8. The Balaban J connectivity index is 1.30. The van der Waals surface area contributed by atoms with Crippen LogP contribution in [0.25, 0.3) is 83.7 Å². The molecule has 206 valence electrons. The first-order valence-corrected chi connectivity index (χ1v) is 14.3. The fourth-order valence-corrected chi connectivity index (χ4v) is 5.99. The van der Waals surface area contributed by atoms with E-state index in [0.29, 0.717) is 17.5 Å². The van der Waals surface area contributed by atoms with Gasteiger partial charge in [-0.15, -0.1) is 0 Å². The van der Waals surface area contributed by atoms with Gasteiger partial charge in [0.2, 0.25) is 0 Å². The first-order chi connectivity index (χ1) is 21.8. The van der Waals surface area contributed by atoms with E-state index in [0.717, 1.165) is 66.3 Å². The van der Waals surface area contributed by atoms with Gasteiger partial charge in [-0.3, -0.25) is 0 Å². The molecule has 0 aliphatic heterocycles. The summed E-state index contributed by atoms with van der Waals surface area (Å²) >= 11 is 0. The van der Waals surface area contributed by atoms with E-state index >= 15 is 0 Å². The molecular formula is C37H22N6O. The molecule has 4 aromatic heterocycles. The molecule has 0 N–H and O–H groups in total. The molecule has 7 nitrogen and oxygen atoms in total. The van der Waals surface area contributed by atoms with Crippen molar-refractivity contribution in [3.8, 4) is 39.9 Å². The van der Waals surface area contributed by atoms with Crippen LogP contribution in [-0.4, -0.2) is 29.5 Å². The largest absolute Gasteiger partial charge is 0.454 e. The van der Waals surface area contributed by atoms with E-state index < -0.39 is 0 Å². The van der Waals surface area contributed by atoms with Crippen molar-refractivity contribution in [2.45, 2.75) is 0 Å². The van der Waals surface area contributed by atoms with Crippen molar-refractivity contribution < 1.29 is 4.42 Å². The van der Waals surface area contributed by atoms with Crippen molar-refractivity contribution in [2.75, 3.05) is 0 Å². The van der Waals surface area contributed by atoms with Gasteiger partial charge in [0.15, 0.2) is 23.1 Å². The molecule has 0 atom stereocenters. The van der Waals surface area contributed by atoms with Crippen molar-refractivity contribution in [2.24, 2.45) is 0 Å². The van der Waals surface area contributed by atoms with E-state index in [1.54, 1.807) is 6.33 Å². The number of nitrogens with zero attached hydrogens (tertiary/aromatic N) is 6. The molecule has 0 unspecified atom stereocenters. The molecule has 0 radical (unpaired) electrons. The van der Waals surface area contributed by atoms with E-state index in [2.05, 4.69) is 44.9 Å². The average Bonchev–Trinajstić information content (AvgIpc) is 3.65. The Morgan fingerprint density at radius 2 is 1.18 bits per heavy atom. The third kappa shape index (κ3) is 3.80. The molecule has 0 saturated carbocycles. The molecular weight excluding hydrogens is 544 g/mol. The first-order valence-electron chi connectivity index (χ1n) is 14.3. The summed E-state index contributed by atoms with van der Waals surface area (Å²) in [5.74, 6) is 1.83. The third-order valence-electron chi connectivity index (χ3n) is 8.00. The predicted octanol–water partition coefficient (Wildman–Crippen LogP) is 8.66. The zero-order chi connectivity index (χ0) is 29.0. The number of hydrogen-bond acceptors (Lipinski definition) is 6. The SMILES string of the molecule is c1ccc(-c2nc(-c3ccccc3)nc(-c3cccc(-n4c5cncnc5c5ccc6c7ccccc7oc6c54)c3)n2)cc1. The van der Waals surface area contributed by atoms with Crippen LogP contribution in [0.15, 0.2) is 138 Å². The molecule has 0 aliphatic carbocycles. The minimum absolute atomic E-state index is 0.588.